The number of anilines is 1. The molecule has 1 aromatic carbocycles. The van der Waals surface area contributed by atoms with Crippen molar-refractivity contribution in [1.82, 2.24) is 0 Å². The van der Waals surface area contributed by atoms with Crippen molar-refractivity contribution in [3.63, 3.8) is 0 Å². The van der Waals surface area contributed by atoms with Gasteiger partial charge in [-0.2, -0.15) is 0 Å². The molecule has 0 aromatic heterocycles. The molecule has 0 aliphatic carbocycles. The lowest BCUT2D eigenvalue weighted by molar-refractivity contribution is 0.539. The fraction of sp³-hybridized carbons (Fsp3) is 0.143. The van der Waals surface area contributed by atoms with Crippen molar-refractivity contribution < 1.29 is 13.2 Å². The molecule has 0 spiro atoms. The van der Waals surface area contributed by atoms with Crippen LogP contribution in [0.15, 0.2) is 24.3 Å². The molecule has 3 nitrogen and oxygen atoms in total. The van der Waals surface area contributed by atoms with Gasteiger partial charge in [0.25, 0.3) is 0 Å². The summed E-state index contributed by atoms with van der Waals surface area (Å²) in [5.74, 6) is -0.505. The summed E-state index contributed by atoms with van der Waals surface area (Å²) in [6.45, 7) is 0. The molecule has 0 aliphatic rings. The number of nitrogens with one attached hydrogen (secondary N) is 1. The molecule has 0 saturated heterocycles. The minimum absolute atomic E-state index is 0.161. The van der Waals surface area contributed by atoms with Crippen molar-refractivity contribution in [2.75, 3.05) is 11.2 Å². The monoisotopic (exact) mass is 188 g/mol. The Bertz CT molecular complexity index is 275. The van der Waals surface area contributed by atoms with Gasteiger partial charge in [0.15, 0.2) is 0 Å². The predicted molar refractivity (Wildman–Crippen MR) is 43.8 cm³/mol. The van der Waals surface area contributed by atoms with Crippen LogP contribution in [0, 0.1) is 5.82 Å². The fourth-order valence-corrected chi connectivity index (χ4v) is 0.995. The molecule has 0 radical (unpaired) electrons. The van der Waals surface area contributed by atoms with Gasteiger partial charge in [0, 0.05) is 5.69 Å². The van der Waals surface area contributed by atoms with E-state index in [-0.39, 0.29) is 11.7 Å². The Morgan fingerprint density at radius 3 is 2.50 bits per heavy atom. The maximum atomic E-state index is 12.3. The van der Waals surface area contributed by atoms with Crippen LogP contribution in [0.1, 0.15) is 0 Å². The second kappa shape index (κ2) is 4.18. The van der Waals surface area contributed by atoms with Crippen molar-refractivity contribution >= 4 is 16.8 Å². The van der Waals surface area contributed by atoms with Crippen LogP contribution in [-0.4, -0.2) is 14.6 Å². The lowest BCUT2D eigenvalue weighted by Gasteiger charge is -2.07. The van der Waals surface area contributed by atoms with Crippen molar-refractivity contribution in [3.8, 4) is 0 Å². The van der Waals surface area contributed by atoms with Crippen LogP contribution in [0.2, 0.25) is 0 Å². The largest absolute Gasteiger partial charge is 0.771 e. The summed E-state index contributed by atoms with van der Waals surface area (Å²) < 4.78 is 32.5. The van der Waals surface area contributed by atoms with Gasteiger partial charge in [-0.3, -0.25) is 4.21 Å². The Morgan fingerprint density at radius 1 is 1.42 bits per heavy atom. The third-order valence-electron chi connectivity index (χ3n) is 1.24. The Morgan fingerprint density at radius 2 is 2.00 bits per heavy atom. The molecule has 1 N–H and O–H groups in total. The van der Waals surface area contributed by atoms with E-state index >= 15 is 0 Å². The average molecular weight is 188 g/mol. The minimum atomic E-state index is -2.13. The maximum absolute atomic E-state index is 12.3. The molecule has 0 fully saturated rings. The van der Waals surface area contributed by atoms with Crippen molar-refractivity contribution in [2.45, 2.75) is 0 Å². The highest BCUT2D eigenvalue weighted by Crippen LogP contribution is 2.07. The number of hydrogen-bond acceptors (Lipinski definition) is 3. The summed E-state index contributed by atoms with van der Waals surface area (Å²) in [6.07, 6.45) is 0. The second-order valence-electron chi connectivity index (χ2n) is 2.13. The van der Waals surface area contributed by atoms with Gasteiger partial charge in [0.2, 0.25) is 0 Å². The molecular weight excluding hydrogens is 181 g/mol. The highest BCUT2D eigenvalue weighted by Gasteiger charge is 1.91. The second-order valence-corrected chi connectivity index (χ2v) is 3.03. The maximum Gasteiger partial charge on any atom is 0.123 e. The molecule has 0 bridgehead atoms. The van der Waals surface area contributed by atoms with Crippen LogP contribution in [0.25, 0.3) is 0 Å². The Labute approximate surface area is 71.9 Å². The molecule has 1 rings (SSSR count). The molecular formula is C7H7FNO2S-. The van der Waals surface area contributed by atoms with E-state index in [1.165, 1.54) is 24.3 Å². The van der Waals surface area contributed by atoms with Crippen LogP contribution in [0.3, 0.4) is 0 Å². The fourth-order valence-electron chi connectivity index (χ4n) is 0.710. The van der Waals surface area contributed by atoms with E-state index in [0.29, 0.717) is 5.69 Å². The molecule has 5 heteroatoms. The first-order valence-corrected chi connectivity index (χ1v) is 4.48. The van der Waals surface area contributed by atoms with Crippen molar-refractivity contribution in [1.29, 1.82) is 0 Å². The van der Waals surface area contributed by atoms with Crippen LogP contribution in [0.4, 0.5) is 10.1 Å². The highest BCUT2D eigenvalue weighted by molar-refractivity contribution is 7.79. The van der Waals surface area contributed by atoms with Gasteiger partial charge in [-0.1, -0.05) is 0 Å². The lowest BCUT2D eigenvalue weighted by Crippen LogP contribution is -2.06. The van der Waals surface area contributed by atoms with Crippen LogP contribution < -0.4 is 5.32 Å². The highest BCUT2D eigenvalue weighted by atomic mass is 32.2. The smallest absolute Gasteiger partial charge is 0.123 e. The third-order valence-corrected chi connectivity index (χ3v) is 1.62. The summed E-state index contributed by atoms with van der Waals surface area (Å²) in [6, 6.07) is 5.47. The van der Waals surface area contributed by atoms with Gasteiger partial charge >= 0.3 is 0 Å². The molecule has 1 unspecified atom stereocenters. The van der Waals surface area contributed by atoms with Crippen LogP contribution in [-0.2, 0) is 11.1 Å². The standard InChI is InChI=1S/C7H8FNO2S/c8-6-1-3-7(4-2-6)9-5-12(10)11/h1-4,9H,5H2,(H,10,11)/p-1. The van der Waals surface area contributed by atoms with Gasteiger partial charge in [-0.25, -0.2) is 4.39 Å². The van der Waals surface area contributed by atoms with E-state index in [0.717, 1.165) is 0 Å². The van der Waals surface area contributed by atoms with Gasteiger partial charge in [-0.15, -0.1) is 0 Å². The quantitative estimate of drug-likeness (QED) is 0.722. The summed E-state index contributed by atoms with van der Waals surface area (Å²) >= 11 is -2.13. The van der Waals surface area contributed by atoms with Gasteiger partial charge in [0.05, 0.1) is 5.88 Å². The summed E-state index contributed by atoms with van der Waals surface area (Å²) in [7, 11) is 0. The van der Waals surface area contributed by atoms with E-state index in [1.54, 1.807) is 0 Å². The summed E-state index contributed by atoms with van der Waals surface area (Å²) in [5, 5.41) is 2.59. The molecule has 0 heterocycles. The zero-order valence-electron chi connectivity index (χ0n) is 6.12. The zero-order valence-corrected chi connectivity index (χ0v) is 6.94. The van der Waals surface area contributed by atoms with Gasteiger partial charge in [0.1, 0.15) is 5.82 Å². The third kappa shape index (κ3) is 2.98. The molecule has 0 saturated carbocycles. The van der Waals surface area contributed by atoms with E-state index in [2.05, 4.69) is 5.32 Å². The molecule has 1 aromatic rings. The zero-order chi connectivity index (χ0) is 8.97. The topological polar surface area (TPSA) is 52.2 Å². The normalized spacial score (nSPS) is 12.5. The van der Waals surface area contributed by atoms with Crippen molar-refractivity contribution in [2.24, 2.45) is 0 Å². The number of benzene rings is 1. The molecule has 66 valence electrons. The van der Waals surface area contributed by atoms with Gasteiger partial charge in [-0.05, 0) is 35.3 Å². The SMILES string of the molecule is O=S([O-])CNc1ccc(F)cc1. The first-order valence-electron chi connectivity index (χ1n) is 3.24. The minimum Gasteiger partial charge on any atom is -0.771 e. The Balaban J connectivity index is 2.53. The summed E-state index contributed by atoms with van der Waals surface area (Å²) in [5.41, 5.74) is 0.584. The van der Waals surface area contributed by atoms with E-state index in [1.807, 2.05) is 0 Å². The van der Waals surface area contributed by atoms with E-state index in [9.17, 15) is 13.2 Å². The van der Waals surface area contributed by atoms with Gasteiger partial charge < -0.3 is 9.87 Å². The summed E-state index contributed by atoms with van der Waals surface area (Å²) in [4.78, 5) is 0. The first kappa shape index (κ1) is 9.15. The lowest BCUT2D eigenvalue weighted by atomic mass is 10.3. The van der Waals surface area contributed by atoms with E-state index < -0.39 is 11.1 Å². The average Bonchev–Trinajstić information content (AvgIpc) is 2.03. The first-order chi connectivity index (χ1) is 5.68. The molecule has 0 aliphatic heterocycles. The Hall–Kier alpha value is -0.940. The van der Waals surface area contributed by atoms with Crippen LogP contribution in [0.5, 0.6) is 0 Å². The Kier molecular flexibility index (Phi) is 3.19. The number of rotatable bonds is 3. The predicted octanol–water partition coefficient (Wildman–Crippen LogP) is 1.07. The van der Waals surface area contributed by atoms with Crippen LogP contribution >= 0.6 is 0 Å². The molecule has 12 heavy (non-hydrogen) atoms. The van der Waals surface area contributed by atoms with Crippen molar-refractivity contribution in [3.05, 3.63) is 30.1 Å². The molecule has 1 atom stereocenters. The number of hydrogen-bond donors (Lipinski definition) is 1. The molecule has 0 amide bonds. The number of halogens is 1. The van der Waals surface area contributed by atoms with E-state index in [4.69, 9.17) is 0 Å².